The number of ether oxygens (including phenoxy) is 2. The number of rotatable bonds is 6. The van der Waals surface area contributed by atoms with Crippen molar-refractivity contribution in [2.75, 3.05) is 20.3 Å². The Morgan fingerprint density at radius 1 is 1.26 bits per heavy atom. The summed E-state index contributed by atoms with van der Waals surface area (Å²) in [5.41, 5.74) is 2.54. The van der Waals surface area contributed by atoms with Gasteiger partial charge in [0.05, 0.1) is 25.9 Å². The summed E-state index contributed by atoms with van der Waals surface area (Å²) in [6.45, 7) is 0.949. The third-order valence-corrected chi connectivity index (χ3v) is 4.70. The van der Waals surface area contributed by atoms with Crippen LogP contribution in [0.2, 0.25) is 0 Å². The highest BCUT2D eigenvalue weighted by molar-refractivity contribution is 6.08. The van der Waals surface area contributed by atoms with E-state index in [1.807, 2.05) is 41.3 Å². The van der Waals surface area contributed by atoms with Gasteiger partial charge in [-0.1, -0.05) is 30.3 Å². The van der Waals surface area contributed by atoms with Crippen molar-refractivity contribution in [1.82, 2.24) is 10.2 Å². The third-order valence-electron chi connectivity index (χ3n) is 4.70. The van der Waals surface area contributed by atoms with Crippen LogP contribution in [0.4, 0.5) is 5.69 Å². The van der Waals surface area contributed by atoms with Crippen LogP contribution in [0.1, 0.15) is 23.6 Å². The molecule has 2 aromatic carbocycles. The predicted molar refractivity (Wildman–Crippen MR) is 100 cm³/mol. The average molecular weight is 367 g/mol. The standard InChI is InChI=1S/C20H21N3O4/c1-26-18-14-12-23-17(13-6-3-2-4-7-13)19(25)22-20(23)21-15(14)8-9-16(18)27-11-5-10-24/h2-4,6-9,17,24H,5,10-12H2,1H3,(H,21,22,25). The zero-order valence-electron chi connectivity index (χ0n) is 15.0. The summed E-state index contributed by atoms with van der Waals surface area (Å²) in [6.07, 6.45) is 0.545. The van der Waals surface area contributed by atoms with E-state index in [0.29, 0.717) is 37.0 Å². The zero-order valence-corrected chi connectivity index (χ0v) is 15.0. The first kappa shape index (κ1) is 17.4. The van der Waals surface area contributed by atoms with E-state index in [2.05, 4.69) is 10.3 Å². The second-order valence-electron chi connectivity index (χ2n) is 6.39. The number of guanidine groups is 1. The smallest absolute Gasteiger partial charge is 0.254 e. The van der Waals surface area contributed by atoms with Gasteiger partial charge in [-0.25, -0.2) is 4.99 Å². The number of aliphatic hydroxyl groups excluding tert-OH is 1. The first-order valence-electron chi connectivity index (χ1n) is 8.87. The van der Waals surface area contributed by atoms with E-state index >= 15 is 0 Å². The monoisotopic (exact) mass is 367 g/mol. The van der Waals surface area contributed by atoms with Crippen molar-refractivity contribution in [3.8, 4) is 11.5 Å². The summed E-state index contributed by atoms with van der Waals surface area (Å²) >= 11 is 0. The van der Waals surface area contributed by atoms with Gasteiger partial charge in [-0.05, 0) is 17.7 Å². The molecule has 0 aliphatic carbocycles. The molecule has 1 atom stereocenters. The van der Waals surface area contributed by atoms with E-state index in [0.717, 1.165) is 16.8 Å². The lowest BCUT2D eigenvalue weighted by molar-refractivity contribution is -0.121. The highest BCUT2D eigenvalue weighted by Gasteiger charge is 2.41. The molecule has 2 N–H and O–H groups in total. The Kier molecular flexibility index (Phi) is 4.68. The molecule has 0 bridgehead atoms. The van der Waals surface area contributed by atoms with Crippen LogP contribution in [0.3, 0.4) is 0 Å². The first-order valence-corrected chi connectivity index (χ1v) is 8.87. The quantitative estimate of drug-likeness (QED) is 0.765. The molecule has 140 valence electrons. The Hall–Kier alpha value is -3.06. The molecule has 2 aliphatic rings. The molecule has 0 aromatic heterocycles. The number of nitrogens with zero attached hydrogens (tertiary/aromatic N) is 2. The van der Waals surface area contributed by atoms with Crippen molar-refractivity contribution in [3.63, 3.8) is 0 Å². The molecular weight excluding hydrogens is 346 g/mol. The van der Waals surface area contributed by atoms with Gasteiger partial charge in [-0.15, -0.1) is 0 Å². The summed E-state index contributed by atoms with van der Waals surface area (Å²) < 4.78 is 11.3. The van der Waals surface area contributed by atoms with Crippen molar-refractivity contribution in [3.05, 3.63) is 53.6 Å². The van der Waals surface area contributed by atoms with E-state index in [1.54, 1.807) is 13.2 Å². The Balaban J connectivity index is 1.69. The number of benzene rings is 2. The molecule has 2 aromatic rings. The number of hydrogen-bond acceptors (Lipinski definition) is 6. The molecule has 7 heteroatoms. The number of hydrogen-bond donors (Lipinski definition) is 2. The number of methoxy groups -OCH3 is 1. The van der Waals surface area contributed by atoms with Crippen molar-refractivity contribution in [1.29, 1.82) is 0 Å². The molecule has 2 heterocycles. The average Bonchev–Trinajstić information content (AvgIpc) is 3.01. The zero-order chi connectivity index (χ0) is 18.8. The molecule has 4 rings (SSSR count). The van der Waals surface area contributed by atoms with Gasteiger partial charge < -0.3 is 19.5 Å². The lowest BCUT2D eigenvalue weighted by atomic mass is 10.0. The van der Waals surface area contributed by atoms with Gasteiger partial charge in [-0.3, -0.25) is 10.1 Å². The first-order chi connectivity index (χ1) is 13.2. The molecule has 1 fully saturated rings. The number of carbonyl (C=O) groups is 1. The molecule has 1 saturated heterocycles. The maximum absolute atomic E-state index is 12.6. The van der Waals surface area contributed by atoms with Crippen LogP contribution in [0.5, 0.6) is 11.5 Å². The van der Waals surface area contributed by atoms with Gasteiger partial charge in [0.25, 0.3) is 5.91 Å². The van der Waals surface area contributed by atoms with Crippen molar-refractivity contribution in [2.24, 2.45) is 4.99 Å². The summed E-state index contributed by atoms with van der Waals surface area (Å²) in [7, 11) is 1.59. The SMILES string of the molecule is COc1c(OCCCO)ccc2c1CN1C(=N2)NC(=O)C1c1ccccc1. The van der Waals surface area contributed by atoms with Gasteiger partial charge >= 0.3 is 0 Å². The Labute approximate surface area is 157 Å². The number of nitrogens with one attached hydrogen (secondary N) is 1. The minimum atomic E-state index is -0.429. The second-order valence-corrected chi connectivity index (χ2v) is 6.39. The maximum Gasteiger partial charge on any atom is 0.254 e. The largest absolute Gasteiger partial charge is 0.492 e. The van der Waals surface area contributed by atoms with Gasteiger partial charge in [0.1, 0.15) is 6.04 Å². The second kappa shape index (κ2) is 7.28. The van der Waals surface area contributed by atoms with Crippen LogP contribution in [0.15, 0.2) is 47.5 Å². The number of aliphatic imine (C=N–C) groups is 1. The Bertz CT molecular complexity index is 882. The van der Waals surface area contributed by atoms with Crippen LogP contribution in [-0.4, -0.2) is 42.2 Å². The summed E-state index contributed by atoms with van der Waals surface area (Å²) in [5.74, 6) is 1.68. The number of amides is 1. The van der Waals surface area contributed by atoms with Gasteiger partial charge in [-0.2, -0.15) is 0 Å². The molecule has 1 unspecified atom stereocenters. The minimum absolute atomic E-state index is 0.0707. The van der Waals surface area contributed by atoms with Crippen LogP contribution in [-0.2, 0) is 11.3 Å². The third kappa shape index (κ3) is 3.10. The fraction of sp³-hybridized carbons (Fsp3) is 0.300. The van der Waals surface area contributed by atoms with Gasteiger partial charge in [0, 0.05) is 18.6 Å². The van der Waals surface area contributed by atoms with Gasteiger partial charge in [0.2, 0.25) is 5.96 Å². The molecule has 27 heavy (non-hydrogen) atoms. The Morgan fingerprint density at radius 3 is 2.81 bits per heavy atom. The maximum atomic E-state index is 12.6. The van der Waals surface area contributed by atoms with E-state index < -0.39 is 6.04 Å². The van der Waals surface area contributed by atoms with Crippen LogP contribution in [0, 0.1) is 0 Å². The minimum Gasteiger partial charge on any atom is -0.492 e. The summed E-state index contributed by atoms with van der Waals surface area (Å²) in [5, 5.41) is 11.8. The fourth-order valence-corrected chi connectivity index (χ4v) is 3.46. The van der Waals surface area contributed by atoms with E-state index in [9.17, 15) is 4.79 Å². The van der Waals surface area contributed by atoms with Crippen molar-refractivity contribution >= 4 is 17.6 Å². The number of fused-ring (bicyclic) bond motifs is 2. The van der Waals surface area contributed by atoms with E-state index in [-0.39, 0.29) is 12.5 Å². The highest BCUT2D eigenvalue weighted by Crippen LogP contribution is 2.43. The molecule has 7 nitrogen and oxygen atoms in total. The van der Waals surface area contributed by atoms with E-state index in [4.69, 9.17) is 14.6 Å². The van der Waals surface area contributed by atoms with Crippen LogP contribution in [0.25, 0.3) is 0 Å². The fourth-order valence-electron chi connectivity index (χ4n) is 3.46. The lowest BCUT2D eigenvalue weighted by Crippen LogP contribution is -2.33. The molecular formula is C20H21N3O4. The summed E-state index contributed by atoms with van der Waals surface area (Å²) in [4.78, 5) is 19.1. The van der Waals surface area contributed by atoms with Gasteiger partial charge in [0.15, 0.2) is 11.5 Å². The predicted octanol–water partition coefficient (Wildman–Crippen LogP) is 2.13. The highest BCUT2D eigenvalue weighted by atomic mass is 16.5. The normalized spacial score (nSPS) is 17.7. The molecule has 0 radical (unpaired) electrons. The molecule has 0 saturated carbocycles. The van der Waals surface area contributed by atoms with Crippen molar-refractivity contribution in [2.45, 2.75) is 19.0 Å². The van der Waals surface area contributed by atoms with Crippen molar-refractivity contribution < 1.29 is 19.4 Å². The Morgan fingerprint density at radius 2 is 2.07 bits per heavy atom. The lowest BCUT2D eigenvalue weighted by Gasteiger charge is -2.29. The van der Waals surface area contributed by atoms with Crippen LogP contribution < -0.4 is 14.8 Å². The number of aliphatic hydroxyl groups is 1. The van der Waals surface area contributed by atoms with E-state index in [1.165, 1.54) is 0 Å². The summed E-state index contributed by atoms with van der Waals surface area (Å²) in [6, 6.07) is 12.9. The molecule has 0 spiro atoms. The number of carbonyl (C=O) groups excluding carboxylic acids is 1. The topological polar surface area (TPSA) is 83.4 Å². The molecule has 1 amide bonds. The molecule has 2 aliphatic heterocycles. The van der Waals surface area contributed by atoms with Crippen LogP contribution >= 0.6 is 0 Å².